The van der Waals surface area contributed by atoms with Crippen LogP contribution >= 0.6 is 11.6 Å². The highest BCUT2D eigenvalue weighted by molar-refractivity contribution is 6.31. The van der Waals surface area contributed by atoms with E-state index in [9.17, 15) is 10.1 Å². The first-order valence-electron chi connectivity index (χ1n) is 5.41. The molecule has 0 unspecified atom stereocenters. The van der Waals surface area contributed by atoms with Gasteiger partial charge in [-0.15, -0.1) is 5.10 Å². The molecule has 7 heteroatoms. The fourth-order valence-electron chi connectivity index (χ4n) is 1.87. The van der Waals surface area contributed by atoms with Crippen molar-refractivity contribution in [2.75, 3.05) is 0 Å². The fraction of sp³-hybridized carbons (Fsp3) is 0. The lowest BCUT2D eigenvalue weighted by Gasteiger charge is -2.02. The number of hydrogen-bond acceptors (Lipinski definition) is 4. The van der Waals surface area contributed by atoms with E-state index in [4.69, 9.17) is 11.6 Å². The molecule has 0 atom stereocenters. The lowest BCUT2D eigenvalue weighted by molar-refractivity contribution is -0.384. The Labute approximate surface area is 112 Å². The van der Waals surface area contributed by atoms with Crippen molar-refractivity contribution in [3.63, 3.8) is 0 Å². The predicted molar refractivity (Wildman–Crippen MR) is 70.5 cm³/mol. The first-order chi connectivity index (χ1) is 9.16. The van der Waals surface area contributed by atoms with Crippen LogP contribution in [-0.2, 0) is 0 Å². The Hall–Kier alpha value is -2.47. The number of para-hydroxylation sites is 2. The van der Waals surface area contributed by atoms with Gasteiger partial charge in [-0.25, -0.2) is 4.68 Å². The second kappa shape index (κ2) is 4.33. The van der Waals surface area contributed by atoms with Gasteiger partial charge < -0.3 is 0 Å². The maximum Gasteiger partial charge on any atom is 0.294 e. The quantitative estimate of drug-likeness (QED) is 0.532. The van der Waals surface area contributed by atoms with Gasteiger partial charge in [0.25, 0.3) is 5.69 Å². The summed E-state index contributed by atoms with van der Waals surface area (Å²) in [6, 6.07) is 11.5. The average molecular weight is 275 g/mol. The monoisotopic (exact) mass is 274 g/mol. The Bertz CT molecular complexity index is 784. The summed E-state index contributed by atoms with van der Waals surface area (Å²) in [5.41, 5.74) is 1.60. The smallest absolute Gasteiger partial charge is 0.258 e. The minimum absolute atomic E-state index is 0.0238. The van der Waals surface area contributed by atoms with Gasteiger partial charge >= 0.3 is 0 Å². The van der Waals surface area contributed by atoms with Crippen LogP contribution in [0.5, 0.6) is 0 Å². The minimum atomic E-state index is -0.446. The van der Waals surface area contributed by atoms with Crippen molar-refractivity contribution < 1.29 is 4.92 Å². The van der Waals surface area contributed by atoms with E-state index >= 15 is 0 Å². The van der Waals surface area contributed by atoms with Crippen molar-refractivity contribution in [3.05, 3.63) is 57.6 Å². The van der Waals surface area contributed by atoms with E-state index in [0.717, 1.165) is 0 Å². The van der Waals surface area contributed by atoms with Crippen LogP contribution in [0.2, 0.25) is 5.02 Å². The topological polar surface area (TPSA) is 73.8 Å². The number of rotatable bonds is 2. The first kappa shape index (κ1) is 11.6. The number of halogens is 1. The van der Waals surface area contributed by atoms with Crippen LogP contribution in [0.15, 0.2) is 42.5 Å². The molecule has 0 N–H and O–H groups in total. The number of fused-ring (bicyclic) bond motifs is 1. The molecular weight excluding hydrogens is 268 g/mol. The highest BCUT2D eigenvalue weighted by Crippen LogP contribution is 2.25. The molecule has 1 aromatic heterocycles. The number of nitro groups is 1. The van der Waals surface area contributed by atoms with Crippen molar-refractivity contribution >= 4 is 28.3 Å². The molecule has 1 heterocycles. The van der Waals surface area contributed by atoms with E-state index in [1.807, 2.05) is 0 Å². The highest BCUT2D eigenvalue weighted by atomic mass is 35.5. The third-order valence-electron chi connectivity index (χ3n) is 2.71. The number of aromatic nitrogens is 3. The van der Waals surface area contributed by atoms with Crippen LogP contribution < -0.4 is 0 Å². The van der Waals surface area contributed by atoms with Gasteiger partial charge in [0.1, 0.15) is 11.2 Å². The zero-order chi connectivity index (χ0) is 13.4. The Morgan fingerprint density at radius 1 is 1.21 bits per heavy atom. The number of nitro benzene ring substituents is 1. The predicted octanol–water partition coefficient (Wildman–Crippen LogP) is 2.98. The van der Waals surface area contributed by atoms with E-state index < -0.39 is 4.92 Å². The molecule has 0 saturated heterocycles. The summed E-state index contributed by atoms with van der Waals surface area (Å²) in [5, 5.41) is 19.5. The fourth-order valence-corrected chi connectivity index (χ4v) is 2.04. The molecule has 94 valence electrons. The molecule has 0 spiro atoms. The molecule has 6 nitrogen and oxygen atoms in total. The lowest BCUT2D eigenvalue weighted by atomic mass is 10.2. The number of nitrogens with zero attached hydrogens (tertiary/aromatic N) is 4. The van der Waals surface area contributed by atoms with Crippen LogP contribution in [0.25, 0.3) is 16.7 Å². The van der Waals surface area contributed by atoms with Gasteiger partial charge in [-0.3, -0.25) is 10.1 Å². The van der Waals surface area contributed by atoms with Crippen molar-refractivity contribution in [3.8, 4) is 5.69 Å². The van der Waals surface area contributed by atoms with Crippen LogP contribution in [0.4, 0.5) is 5.69 Å². The van der Waals surface area contributed by atoms with E-state index in [-0.39, 0.29) is 5.69 Å². The summed E-state index contributed by atoms with van der Waals surface area (Å²) in [6.07, 6.45) is 0. The Morgan fingerprint density at radius 2 is 2.00 bits per heavy atom. The van der Waals surface area contributed by atoms with E-state index in [0.29, 0.717) is 21.7 Å². The van der Waals surface area contributed by atoms with Crippen LogP contribution in [0, 0.1) is 10.1 Å². The molecule has 0 radical (unpaired) electrons. The summed E-state index contributed by atoms with van der Waals surface area (Å²) < 4.78 is 1.43. The maximum atomic E-state index is 11.0. The summed E-state index contributed by atoms with van der Waals surface area (Å²) in [6.45, 7) is 0. The molecule has 0 saturated carbocycles. The van der Waals surface area contributed by atoms with E-state index in [1.165, 1.54) is 10.7 Å². The van der Waals surface area contributed by atoms with Crippen LogP contribution in [0.3, 0.4) is 0 Å². The van der Waals surface area contributed by atoms with E-state index in [2.05, 4.69) is 10.3 Å². The van der Waals surface area contributed by atoms with Crippen molar-refractivity contribution in [1.82, 2.24) is 15.0 Å². The minimum Gasteiger partial charge on any atom is -0.258 e. The Balaban J connectivity index is 2.28. The van der Waals surface area contributed by atoms with Crippen LogP contribution in [0.1, 0.15) is 0 Å². The van der Waals surface area contributed by atoms with Gasteiger partial charge in [0.2, 0.25) is 0 Å². The Kier molecular flexibility index (Phi) is 2.64. The molecule has 0 fully saturated rings. The van der Waals surface area contributed by atoms with Crippen molar-refractivity contribution in [2.24, 2.45) is 0 Å². The van der Waals surface area contributed by atoms with Crippen LogP contribution in [-0.4, -0.2) is 19.9 Å². The third kappa shape index (κ3) is 1.92. The molecule has 0 amide bonds. The molecule has 0 aliphatic heterocycles. The van der Waals surface area contributed by atoms with Crippen molar-refractivity contribution in [2.45, 2.75) is 0 Å². The third-order valence-corrected chi connectivity index (χ3v) is 2.95. The largest absolute Gasteiger partial charge is 0.294 e. The van der Waals surface area contributed by atoms with Gasteiger partial charge in [-0.2, -0.15) is 0 Å². The van der Waals surface area contributed by atoms with Gasteiger partial charge in [0, 0.05) is 11.1 Å². The molecule has 0 aliphatic rings. The molecule has 2 aromatic carbocycles. The van der Waals surface area contributed by atoms with Gasteiger partial charge in [0.05, 0.1) is 10.4 Å². The van der Waals surface area contributed by atoms with Gasteiger partial charge in [-0.05, 0) is 24.3 Å². The summed E-state index contributed by atoms with van der Waals surface area (Å²) in [5.74, 6) is 0. The second-order valence-corrected chi connectivity index (χ2v) is 4.32. The number of hydrogen-bond donors (Lipinski definition) is 0. The molecular formula is C12H7ClN4O2. The van der Waals surface area contributed by atoms with Gasteiger partial charge in [0.15, 0.2) is 0 Å². The van der Waals surface area contributed by atoms with E-state index in [1.54, 1.807) is 36.4 Å². The maximum absolute atomic E-state index is 11.0. The molecule has 0 aliphatic carbocycles. The summed E-state index contributed by atoms with van der Waals surface area (Å²) >= 11 is 5.87. The molecule has 3 aromatic rings. The normalized spacial score (nSPS) is 10.8. The zero-order valence-electron chi connectivity index (χ0n) is 9.52. The standard InChI is InChI=1S/C12H7ClN4O2/c13-8-5-6-10-9(7-8)14-15-16(10)11-3-1-2-4-12(11)17(18)19/h1-7H. The SMILES string of the molecule is O=[N+]([O-])c1ccccc1-n1nnc2cc(Cl)ccc21. The molecule has 19 heavy (non-hydrogen) atoms. The number of benzene rings is 2. The second-order valence-electron chi connectivity index (χ2n) is 3.88. The van der Waals surface area contributed by atoms with Gasteiger partial charge in [-0.1, -0.05) is 28.9 Å². The average Bonchev–Trinajstić information content (AvgIpc) is 2.81. The first-order valence-corrected chi connectivity index (χ1v) is 5.79. The Morgan fingerprint density at radius 3 is 2.79 bits per heavy atom. The zero-order valence-corrected chi connectivity index (χ0v) is 10.3. The highest BCUT2D eigenvalue weighted by Gasteiger charge is 2.17. The summed E-state index contributed by atoms with van der Waals surface area (Å²) in [4.78, 5) is 10.6. The molecule has 0 bridgehead atoms. The molecule has 3 rings (SSSR count). The lowest BCUT2D eigenvalue weighted by Crippen LogP contribution is -2.01. The van der Waals surface area contributed by atoms with Crippen molar-refractivity contribution in [1.29, 1.82) is 0 Å². The summed E-state index contributed by atoms with van der Waals surface area (Å²) in [7, 11) is 0.